The number of carbonyl (C=O) groups excluding carboxylic acids is 2. The largest absolute Gasteiger partial charge is 0.356 e. The minimum absolute atomic E-state index is 0.113. The summed E-state index contributed by atoms with van der Waals surface area (Å²) in [6, 6.07) is 5.31. The molecule has 2 amide bonds. The number of carbonyl (C=O) groups is 2. The molecule has 6 nitrogen and oxygen atoms in total. The molecule has 1 aromatic carbocycles. The Hall–Kier alpha value is -2.18. The van der Waals surface area contributed by atoms with Crippen LogP contribution in [0.4, 0.5) is 0 Å². The van der Waals surface area contributed by atoms with Crippen LogP contribution in [0.3, 0.4) is 0 Å². The molecule has 0 atom stereocenters. The SMILES string of the molecule is Cc1cnc(C(=O)N(CCC(=O)NCCc2ccc(Cl)cc2Cl)CCC(C)C)cn1. The van der Waals surface area contributed by atoms with Crippen molar-refractivity contribution in [3.8, 4) is 0 Å². The molecule has 0 unspecified atom stereocenters. The van der Waals surface area contributed by atoms with Gasteiger partial charge < -0.3 is 10.2 Å². The van der Waals surface area contributed by atoms with Gasteiger partial charge in [0.05, 0.1) is 11.9 Å². The second-order valence-corrected chi connectivity index (χ2v) is 8.45. The maximum absolute atomic E-state index is 12.8. The lowest BCUT2D eigenvalue weighted by Gasteiger charge is -2.23. The van der Waals surface area contributed by atoms with Crippen molar-refractivity contribution < 1.29 is 9.59 Å². The van der Waals surface area contributed by atoms with E-state index in [2.05, 4.69) is 29.1 Å². The second-order valence-electron chi connectivity index (χ2n) is 7.60. The van der Waals surface area contributed by atoms with E-state index in [4.69, 9.17) is 23.2 Å². The Morgan fingerprint density at radius 1 is 1.13 bits per heavy atom. The van der Waals surface area contributed by atoms with Gasteiger partial charge in [0.1, 0.15) is 5.69 Å². The van der Waals surface area contributed by atoms with E-state index in [-0.39, 0.29) is 18.2 Å². The van der Waals surface area contributed by atoms with E-state index >= 15 is 0 Å². The molecule has 0 aliphatic rings. The standard InChI is InChI=1S/C22H28Cl2N4O2/c1-15(2)7-10-28(22(30)20-14-26-16(3)13-27-20)11-8-21(29)25-9-6-17-4-5-18(23)12-19(17)24/h4-5,12-15H,6-11H2,1-3H3,(H,25,29). The number of aromatic nitrogens is 2. The van der Waals surface area contributed by atoms with Crippen molar-refractivity contribution in [2.75, 3.05) is 19.6 Å². The van der Waals surface area contributed by atoms with Crippen LogP contribution < -0.4 is 5.32 Å². The number of hydrogen-bond donors (Lipinski definition) is 1. The number of amides is 2. The molecule has 2 rings (SSSR count). The van der Waals surface area contributed by atoms with Crippen LogP contribution in [-0.4, -0.2) is 46.3 Å². The summed E-state index contributed by atoms with van der Waals surface area (Å²) in [7, 11) is 0. The third kappa shape index (κ3) is 7.92. The molecule has 0 fully saturated rings. The molecular weight excluding hydrogens is 423 g/mol. The summed E-state index contributed by atoms with van der Waals surface area (Å²) in [4.78, 5) is 35.1. The van der Waals surface area contributed by atoms with Gasteiger partial charge in [-0.25, -0.2) is 4.98 Å². The molecule has 2 aromatic rings. The molecule has 1 heterocycles. The summed E-state index contributed by atoms with van der Waals surface area (Å²) in [5.74, 6) is 0.128. The predicted molar refractivity (Wildman–Crippen MR) is 120 cm³/mol. The fraction of sp³-hybridized carbons (Fsp3) is 0.455. The average Bonchev–Trinajstić information content (AvgIpc) is 2.69. The molecule has 1 aromatic heterocycles. The van der Waals surface area contributed by atoms with E-state index in [0.29, 0.717) is 47.7 Å². The zero-order chi connectivity index (χ0) is 22.1. The molecular formula is C22H28Cl2N4O2. The van der Waals surface area contributed by atoms with Gasteiger partial charge in [0.2, 0.25) is 5.91 Å². The number of hydrogen-bond acceptors (Lipinski definition) is 4. The molecule has 0 saturated carbocycles. The van der Waals surface area contributed by atoms with E-state index in [1.807, 2.05) is 13.0 Å². The van der Waals surface area contributed by atoms with Crippen LogP contribution in [0, 0.1) is 12.8 Å². The monoisotopic (exact) mass is 450 g/mol. The van der Waals surface area contributed by atoms with E-state index < -0.39 is 0 Å². The first kappa shape index (κ1) is 24.1. The van der Waals surface area contributed by atoms with Gasteiger partial charge in [0.15, 0.2) is 0 Å². The maximum Gasteiger partial charge on any atom is 0.274 e. The van der Waals surface area contributed by atoms with Crippen molar-refractivity contribution in [1.29, 1.82) is 0 Å². The number of nitrogens with one attached hydrogen (secondary N) is 1. The van der Waals surface area contributed by atoms with Gasteiger partial charge in [-0.15, -0.1) is 0 Å². The molecule has 1 N–H and O–H groups in total. The predicted octanol–water partition coefficient (Wildman–Crippen LogP) is 4.33. The Morgan fingerprint density at radius 2 is 1.90 bits per heavy atom. The molecule has 0 aliphatic carbocycles. The molecule has 0 bridgehead atoms. The van der Waals surface area contributed by atoms with Crippen molar-refractivity contribution in [3.05, 3.63) is 57.6 Å². The lowest BCUT2D eigenvalue weighted by Crippen LogP contribution is -2.37. The van der Waals surface area contributed by atoms with Crippen molar-refractivity contribution in [2.45, 2.75) is 40.0 Å². The lowest BCUT2D eigenvalue weighted by atomic mass is 10.1. The van der Waals surface area contributed by atoms with Gasteiger partial charge in [-0.05, 0) is 43.4 Å². The fourth-order valence-electron chi connectivity index (χ4n) is 2.78. The van der Waals surface area contributed by atoms with E-state index in [0.717, 1.165) is 17.7 Å². The third-order valence-electron chi connectivity index (χ3n) is 4.60. The summed E-state index contributed by atoms with van der Waals surface area (Å²) < 4.78 is 0. The molecule has 0 aliphatic heterocycles. The third-order valence-corrected chi connectivity index (χ3v) is 5.19. The first-order chi connectivity index (χ1) is 14.3. The molecule has 162 valence electrons. The molecule has 8 heteroatoms. The van der Waals surface area contributed by atoms with Crippen LogP contribution in [0.15, 0.2) is 30.6 Å². The molecule has 0 saturated heterocycles. The smallest absolute Gasteiger partial charge is 0.274 e. The fourth-order valence-corrected chi connectivity index (χ4v) is 3.28. The van der Waals surface area contributed by atoms with Crippen LogP contribution >= 0.6 is 23.2 Å². The van der Waals surface area contributed by atoms with E-state index in [1.165, 1.54) is 6.20 Å². The Balaban J connectivity index is 1.87. The van der Waals surface area contributed by atoms with Crippen molar-refractivity contribution in [1.82, 2.24) is 20.2 Å². The Kier molecular flexibility index (Phi) is 9.53. The lowest BCUT2D eigenvalue weighted by molar-refractivity contribution is -0.121. The first-order valence-corrected chi connectivity index (χ1v) is 10.8. The van der Waals surface area contributed by atoms with Gasteiger partial charge in [0, 0.05) is 42.3 Å². The number of halogens is 2. The minimum Gasteiger partial charge on any atom is -0.356 e. The van der Waals surface area contributed by atoms with Gasteiger partial charge in [0.25, 0.3) is 5.91 Å². The number of benzene rings is 1. The Labute approximate surface area is 188 Å². The summed E-state index contributed by atoms with van der Waals surface area (Å²) >= 11 is 12.1. The zero-order valence-corrected chi connectivity index (χ0v) is 19.1. The van der Waals surface area contributed by atoms with Crippen molar-refractivity contribution in [2.24, 2.45) is 5.92 Å². The van der Waals surface area contributed by atoms with E-state index in [9.17, 15) is 9.59 Å². The van der Waals surface area contributed by atoms with Crippen LogP contribution in [0.25, 0.3) is 0 Å². The molecule has 0 spiro atoms. The van der Waals surface area contributed by atoms with Crippen molar-refractivity contribution in [3.63, 3.8) is 0 Å². The average molecular weight is 451 g/mol. The highest BCUT2D eigenvalue weighted by molar-refractivity contribution is 6.35. The van der Waals surface area contributed by atoms with Gasteiger partial charge in [-0.3, -0.25) is 14.6 Å². The Bertz CT molecular complexity index is 857. The zero-order valence-electron chi connectivity index (χ0n) is 17.6. The Morgan fingerprint density at radius 3 is 2.53 bits per heavy atom. The highest BCUT2D eigenvalue weighted by Crippen LogP contribution is 2.21. The van der Waals surface area contributed by atoms with Crippen LogP contribution in [0.1, 0.15) is 48.4 Å². The number of aryl methyl sites for hydroxylation is 1. The van der Waals surface area contributed by atoms with Crippen LogP contribution in [-0.2, 0) is 11.2 Å². The maximum atomic E-state index is 12.8. The summed E-state index contributed by atoms with van der Waals surface area (Å²) in [6.45, 7) is 7.38. The van der Waals surface area contributed by atoms with Gasteiger partial charge >= 0.3 is 0 Å². The summed E-state index contributed by atoms with van der Waals surface area (Å²) in [5, 5.41) is 4.05. The first-order valence-electron chi connectivity index (χ1n) is 10.0. The normalized spacial score (nSPS) is 10.9. The highest BCUT2D eigenvalue weighted by Gasteiger charge is 2.19. The highest BCUT2D eigenvalue weighted by atomic mass is 35.5. The van der Waals surface area contributed by atoms with Crippen LogP contribution in [0.5, 0.6) is 0 Å². The molecule has 30 heavy (non-hydrogen) atoms. The quantitative estimate of drug-likeness (QED) is 0.584. The molecule has 0 radical (unpaired) electrons. The number of rotatable bonds is 10. The summed E-state index contributed by atoms with van der Waals surface area (Å²) in [5.41, 5.74) is 1.97. The van der Waals surface area contributed by atoms with Crippen LogP contribution in [0.2, 0.25) is 10.0 Å². The van der Waals surface area contributed by atoms with E-state index in [1.54, 1.807) is 23.2 Å². The number of nitrogens with zero attached hydrogens (tertiary/aromatic N) is 3. The second kappa shape index (κ2) is 11.9. The van der Waals surface area contributed by atoms with Gasteiger partial charge in [-0.2, -0.15) is 0 Å². The summed E-state index contributed by atoms with van der Waals surface area (Å²) in [6.07, 6.45) is 4.73. The minimum atomic E-state index is -0.205. The topological polar surface area (TPSA) is 75.2 Å². The van der Waals surface area contributed by atoms with Crippen molar-refractivity contribution >= 4 is 35.0 Å². The van der Waals surface area contributed by atoms with Gasteiger partial charge in [-0.1, -0.05) is 43.1 Å².